The second-order valence-electron chi connectivity index (χ2n) is 11.2. The lowest BCUT2D eigenvalue weighted by molar-refractivity contribution is -0.117. The Balaban J connectivity index is 0.000000172. The molecule has 0 atom stereocenters. The van der Waals surface area contributed by atoms with Crippen molar-refractivity contribution in [3.05, 3.63) is 129 Å². The predicted molar refractivity (Wildman–Crippen MR) is 183 cm³/mol. The molecule has 9 heteroatoms. The third-order valence-electron chi connectivity index (χ3n) is 7.74. The summed E-state index contributed by atoms with van der Waals surface area (Å²) in [5, 5.41) is 5.83. The van der Waals surface area contributed by atoms with E-state index in [4.69, 9.17) is 9.47 Å². The minimum absolute atomic E-state index is 0.00823. The SMILES string of the molecule is Cc1cc(-c2cc3c(c(Oc4ccccc4)c2)NC(=O)CC3)cn(C)c1=O.O=C1CCc2cc(Br)cc(Oc3ccccc3)c2N1. The van der Waals surface area contributed by atoms with E-state index in [2.05, 4.69) is 32.6 Å². The number of nitrogens with zero attached hydrogens (tertiary/aromatic N) is 1. The Hall–Kier alpha value is -5.15. The summed E-state index contributed by atoms with van der Waals surface area (Å²) < 4.78 is 14.5. The Bertz CT molecular complexity index is 1960. The van der Waals surface area contributed by atoms with Crippen LogP contribution in [0.5, 0.6) is 23.0 Å². The van der Waals surface area contributed by atoms with Gasteiger partial charge in [0, 0.05) is 36.1 Å². The first kappa shape index (κ1) is 30.9. The van der Waals surface area contributed by atoms with E-state index in [1.165, 1.54) is 0 Å². The van der Waals surface area contributed by atoms with Gasteiger partial charge >= 0.3 is 0 Å². The Kier molecular flexibility index (Phi) is 9.03. The molecule has 5 aromatic rings. The van der Waals surface area contributed by atoms with Crippen LogP contribution in [0.1, 0.15) is 29.5 Å². The molecular formula is C37H32BrN3O5. The molecule has 3 heterocycles. The maximum Gasteiger partial charge on any atom is 0.253 e. The van der Waals surface area contributed by atoms with Gasteiger partial charge in [0.1, 0.15) is 11.5 Å². The number of hydrogen-bond acceptors (Lipinski definition) is 5. The fourth-order valence-electron chi connectivity index (χ4n) is 5.48. The number of aryl methyl sites for hydroxylation is 4. The number of para-hydroxylation sites is 2. The summed E-state index contributed by atoms with van der Waals surface area (Å²) >= 11 is 3.48. The van der Waals surface area contributed by atoms with Crippen molar-refractivity contribution in [3.8, 4) is 34.1 Å². The van der Waals surface area contributed by atoms with E-state index in [0.29, 0.717) is 42.1 Å². The van der Waals surface area contributed by atoms with Crippen LogP contribution in [0.2, 0.25) is 0 Å². The number of aromatic nitrogens is 1. The van der Waals surface area contributed by atoms with Crippen LogP contribution in [0, 0.1) is 6.92 Å². The van der Waals surface area contributed by atoms with Gasteiger partial charge in [-0.25, -0.2) is 0 Å². The van der Waals surface area contributed by atoms with Crippen molar-refractivity contribution in [1.82, 2.24) is 4.57 Å². The molecule has 2 aliphatic heterocycles. The highest BCUT2D eigenvalue weighted by atomic mass is 79.9. The molecule has 0 unspecified atom stereocenters. The van der Waals surface area contributed by atoms with Crippen LogP contribution in [0.25, 0.3) is 11.1 Å². The summed E-state index contributed by atoms with van der Waals surface area (Å²) in [6.45, 7) is 1.81. The van der Waals surface area contributed by atoms with Crippen molar-refractivity contribution >= 4 is 39.1 Å². The third-order valence-corrected chi connectivity index (χ3v) is 8.20. The molecule has 0 spiro atoms. The maximum atomic E-state index is 12.0. The lowest BCUT2D eigenvalue weighted by Crippen LogP contribution is -2.20. The second kappa shape index (κ2) is 13.5. The lowest BCUT2D eigenvalue weighted by atomic mass is 9.96. The molecule has 0 saturated carbocycles. The van der Waals surface area contributed by atoms with Gasteiger partial charge in [-0.2, -0.15) is 0 Å². The standard InChI is InChI=1S/C22H20N2O3.C15H12BrNO2/c1-14-10-17(13-24(2)22(14)26)16-11-15-8-9-20(25)23-21(15)19(12-16)27-18-6-4-3-5-7-18;16-11-8-10-6-7-14(18)17-15(10)13(9-11)19-12-4-2-1-3-5-12/h3-7,10-13H,8-9H2,1-2H3,(H,23,25);1-5,8-9H,6-7H2,(H,17,18). The van der Waals surface area contributed by atoms with Crippen LogP contribution in [0.3, 0.4) is 0 Å². The number of benzene rings is 4. The Morgan fingerprint density at radius 3 is 1.72 bits per heavy atom. The van der Waals surface area contributed by atoms with Gasteiger partial charge in [-0.3, -0.25) is 14.4 Å². The van der Waals surface area contributed by atoms with Crippen molar-refractivity contribution in [3.63, 3.8) is 0 Å². The zero-order valence-corrected chi connectivity index (χ0v) is 27.0. The van der Waals surface area contributed by atoms with Gasteiger partial charge in [-0.1, -0.05) is 52.3 Å². The van der Waals surface area contributed by atoms with Gasteiger partial charge in [-0.15, -0.1) is 0 Å². The van der Waals surface area contributed by atoms with E-state index in [0.717, 1.165) is 50.3 Å². The molecule has 232 valence electrons. The minimum atomic E-state index is -0.00951. The second-order valence-corrected chi connectivity index (χ2v) is 12.1. The van der Waals surface area contributed by atoms with Crippen molar-refractivity contribution in [2.24, 2.45) is 7.05 Å². The molecule has 8 nitrogen and oxygen atoms in total. The molecule has 0 radical (unpaired) electrons. The molecule has 0 saturated heterocycles. The number of anilines is 2. The number of carbonyl (C=O) groups excluding carboxylic acids is 2. The maximum absolute atomic E-state index is 12.0. The number of fused-ring (bicyclic) bond motifs is 2. The largest absolute Gasteiger partial charge is 0.455 e. The van der Waals surface area contributed by atoms with Gasteiger partial charge in [0.25, 0.3) is 5.56 Å². The highest BCUT2D eigenvalue weighted by molar-refractivity contribution is 9.10. The van der Waals surface area contributed by atoms with Crippen LogP contribution in [0.15, 0.2) is 106 Å². The normalized spacial score (nSPS) is 13.3. The Morgan fingerprint density at radius 1 is 0.652 bits per heavy atom. The number of halogens is 1. The van der Waals surface area contributed by atoms with Gasteiger partial charge in [0.15, 0.2) is 11.5 Å². The van der Waals surface area contributed by atoms with E-state index in [1.807, 2.05) is 98.0 Å². The third kappa shape index (κ3) is 7.05. The predicted octanol–water partition coefficient (Wildman–Crippen LogP) is 8.16. The molecule has 2 aliphatic rings. The fourth-order valence-corrected chi connectivity index (χ4v) is 5.97. The zero-order chi connectivity index (χ0) is 32.2. The number of nitrogens with one attached hydrogen (secondary N) is 2. The number of amides is 2. The highest BCUT2D eigenvalue weighted by Gasteiger charge is 2.22. The molecular weight excluding hydrogens is 646 g/mol. The smallest absolute Gasteiger partial charge is 0.253 e. The van der Waals surface area contributed by atoms with Gasteiger partial charge in [-0.05, 0) is 96.6 Å². The Morgan fingerprint density at radius 2 is 1.17 bits per heavy atom. The quantitative estimate of drug-likeness (QED) is 0.196. The average molecular weight is 679 g/mol. The van der Waals surface area contributed by atoms with Gasteiger partial charge in [0.05, 0.1) is 11.4 Å². The van der Waals surface area contributed by atoms with Crippen LogP contribution in [-0.4, -0.2) is 16.4 Å². The van der Waals surface area contributed by atoms with Crippen molar-refractivity contribution in [1.29, 1.82) is 0 Å². The lowest BCUT2D eigenvalue weighted by Gasteiger charge is -2.22. The first-order valence-electron chi connectivity index (χ1n) is 15.0. The summed E-state index contributed by atoms with van der Waals surface area (Å²) in [5.41, 5.74) is 6.20. The molecule has 0 aliphatic carbocycles. The number of rotatable bonds is 5. The van der Waals surface area contributed by atoms with E-state index in [-0.39, 0.29) is 17.4 Å². The molecule has 1 aromatic heterocycles. The number of pyridine rings is 1. The van der Waals surface area contributed by atoms with E-state index < -0.39 is 0 Å². The summed E-state index contributed by atoms with van der Waals surface area (Å²) in [5.74, 6) is 2.76. The number of ether oxygens (including phenoxy) is 2. The number of hydrogen-bond donors (Lipinski definition) is 2. The van der Waals surface area contributed by atoms with Crippen LogP contribution in [-0.2, 0) is 29.5 Å². The topological polar surface area (TPSA) is 98.7 Å². The minimum Gasteiger partial charge on any atom is -0.455 e. The van der Waals surface area contributed by atoms with Gasteiger partial charge in [0.2, 0.25) is 11.8 Å². The first-order valence-corrected chi connectivity index (χ1v) is 15.8. The zero-order valence-electron chi connectivity index (χ0n) is 25.4. The molecule has 0 bridgehead atoms. The summed E-state index contributed by atoms with van der Waals surface area (Å²) in [6.07, 6.45) is 4.20. The summed E-state index contributed by atoms with van der Waals surface area (Å²) in [6, 6.07) is 28.8. The molecule has 2 amide bonds. The van der Waals surface area contributed by atoms with E-state index >= 15 is 0 Å². The highest BCUT2D eigenvalue weighted by Crippen LogP contribution is 2.40. The number of carbonyl (C=O) groups is 2. The van der Waals surface area contributed by atoms with E-state index in [1.54, 1.807) is 11.6 Å². The first-order chi connectivity index (χ1) is 22.2. The van der Waals surface area contributed by atoms with Crippen molar-refractivity contribution in [2.75, 3.05) is 10.6 Å². The van der Waals surface area contributed by atoms with Crippen molar-refractivity contribution < 1.29 is 19.1 Å². The monoisotopic (exact) mass is 677 g/mol. The van der Waals surface area contributed by atoms with E-state index in [9.17, 15) is 14.4 Å². The molecule has 46 heavy (non-hydrogen) atoms. The van der Waals surface area contributed by atoms with Crippen LogP contribution >= 0.6 is 15.9 Å². The van der Waals surface area contributed by atoms with Crippen molar-refractivity contribution in [2.45, 2.75) is 32.6 Å². The Labute approximate surface area is 275 Å². The van der Waals surface area contributed by atoms with Gasteiger partial charge < -0.3 is 24.7 Å². The molecule has 4 aromatic carbocycles. The van der Waals surface area contributed by atoms with Crippen LogP contribution < -0.4 is 25.7 Å². The molecule has 2 N–H and O–H groups in total. The molecule has 7 rings (SSSR count). The summed E-state index contributed by atoms with van der Waals surface area (Å²) in [7, 11) is 1.75. The summed E-state index contributed by atoms with van der Waals surface area (Å²) in [4.78, 5) is 35.5. The van der Waals surface area contributed by atoms with Crippen LogP contribution in [0.4, 0.5) is 11.4 Å². The molecule has 0 fully saturated rings. The fraction of sp³-hybridized carbons (Fsp3) is 0.162. The average Bonchev–Trinajstić information content (AvgIpc) is 3.05.